The molecule has 3 aliphatic heterocycles. The minimum Gasteiger partial charge on any atom is -0.396 e. The number of rotatable bonds is 3. The van der Waals surface area contributed by atoms with Gasteiger partial charge in [0.25, 0.3) is 5.91 Å². The monoisotopic (exact) mass is 361 g/mol. The van der Waals surface area contributed by atoms with Crippen LogP contribution in [0.15, 0.2) is 18.5 Å². The van der Waals surface area contributed by atoms with E-state index < -0.39 is 0 Å². The van der Waals surface area contributed by atoms with Crippen LogP contribution in [0.2, 0.25) is 0 Å². The lowest BCUT2D eigenvalue weighted by Gasteiger charge is -2.52. The molecule has 1 amide bonds. The van der Waals surface area contributed by atoms with Crippen molar-refractivity contribution in [3.8, 4) is 0 Å². The first-order valence-electron chi connectivity index (χ1n) is 10.1. The highest BCUT2D eigenvalue weighted by Crippen LogP contribution is 2.46. The Hall–Kier alpha value is -1.37. The molecule has 0 saturated carbocycles. The number of ether oxygens (including phenoxy) is 1. The molecule has 3 fully saturated rings. The van der Waals surface area contributed by atoms with Crippen molar-refractivity contribution in [1.82, 2.24) is 14.8 Å². The van der Waals surface area contributed by atoms with Crippen LogP contribution in [0.4, 0.5) is 0 Å². The Morgan fingerprint density at radius 3 is 2.62 bits per heavy atom. The van der Waals surface area contributed by atoms with Gasteiger partial charge in [0.05, 0.1) is 5.56 Å². The number of likely N-dealkylation sites (tertiary alicyclic amines) is 2. The molecule has 0 unspecified atom stereocenters. The molecule has 0 aromatic carbocycles. The van der Waals surface area contributed by atoms with Gasteiger partial charge in [-0.15, -0.1) is 0 Å². The van der Waals surface area contributed by atoms with Gasteiger partial charge in [-0.2, -0.15) is 0 Å². The van der Waals surface area contributed by atoms with Gasteiger partial charge in [-0.25, -0.2) is 0 Å². The number of carbonyl (C=O) groups is 1. The molecule has 1 atom stereocenters. The summed E-state index contributed by atoms with van der Waals surface area (Å²) in [6, 6.07) is 2.50. The van der Waals surface area contributed by atoms with E-state index in [1.54, 1.807) is 12.4 Å². The molecule has 1 aromatic heterocycles. The van der Waals surface area contributed by atoms with E-state index in [4.69, 9.17) is 4.74 Å². The number of aromatic nitrogens is 1. The molecule has 4 heterocycles. The summed E-state index contributed by atoms with van der Waals surface area (Å²) in [7, 11) is 0. The van der Waals surface area contributed by atoms with E-state index >= 15 is 0 Å². The van der Waals surface area contributed by atoms with Gasteiger partial charge in [0.1, 0.15) is 0 Å². The first-order chi connectivity index (χ1) is 12.7. The lowest BCUT2D eigenvalue weighted by atomic mass is 9.64. The molecule has 6 heteroatoms. The van der Waals surface area contributed by atoms with E-state index in [0.29, 0.717) is 18.2 Å². The second-order valence-corrected chi connectivity index (χ2v) is 8.22. The third kappa shape index (κ3) is 3.42. The summed E-state index contributed by atoms with van der Waals surface area (Å²) in [5, 5.41) is 10.1. The third-order valence-electron chi connectivity index (χ3n) is 7.04. The molecular formula is C20H31N3O3. The molecule has 3 saturated heterocycles. The molecule has 0 aliphatic carbocycles. The van der Waals surface area contributed by atoms with Gasteiger partial charge in [-0.3, -0.25) is 4.79 Å². The van der Waals surface area contributed by atoms with Crippen LogP contribution in [0.1, 0.15) is 42.5 Å². The zero-order valence-corrected chi connectivity index (χ0v) is 15.5. The molecular weight excluding hydrogens is 330 g/mol. The van der Waals surface area contributed by atoms with Gasteiger partial charge in [0.15, 0.2) is 0 Å². The number of piperidine rings is 2. The number of aliphatic hydroxyl groups is 1. The van der Waals surface area contributed by atoms with Gasteiger partial charge < -0.3 is 24.6 Å². The second kappa shape index (κ2) is 7.71. The van der Waals surface area contributed by atoms with Crippen LogP contribution in [0.3, 0.4) is 0 Å². The quantitative estimate of drug-likeness (QED) is 0.860. The number of nitrogens with zero attached hydrogens (tertiary/aromatic N) is 2. The Balaban J connectivity index is 1.38. The third-order valence-corrected chi connectivity index (χ3v) is 7.04. The van der Waals surface area contributed by atoms with Crippen LogP contribution in [-0.4, -0.2) is 77.8 Å². The standard InChI is InChI=1S/C20H31N3O3/c24-15-17-14-23(19(25)16-1-7-21-13-16)10-6-20(17)4-8-22(9-5-20)18-2-11-26-12-3-18/h1,7,13,17-18,21,24H,2-6,8-12,14-15H2/t17-/m1/s1. The number of hydrogen-bond donors (Lipinski definition) is 2. The van der Waals surface area contributed by atoms with Crippen molar-refractivity contribution < 1.29 is 14.6 Å². The molecule has 26 heavy (non-hydrogen) atoms. The highest BCUT2D eigenvalue weighted by molar-refractivity contribution is 5.94. The van der Waals surface area contributed by atoms with Crippen molar-refractivity contribution in [3.05, 3.63) is 24.0 Å². The van der Waals surface area contributed by atoms with Crippen LogP contribution in [0.5, 0.6) is 0 Å². The van der Waals surface area contributed by atoms with E-state index in [1.807, 2.05) is 11.0 Å². The maximum absolute atomic E-state index is 12.7. The number of amides is 1. The largest absolute Gasteiger partial charge is 0.396 e. The molecule has 2 N–H and O–H groups in total. The van der Waals surface area contributed by atoms with Gasteiger partial charge in [0.2, 0.25) is 0 Å². The number of hydrogen-bond acceptors (Lipinski definition) is 4. The van der Waals surface area contributed by atoms with E-state index in [-0.39, 0.29) is 23.8 Å². The normalized spacial score (nSPS) is 27.7. The summed E-state index contributed by atoms with van der Waals surface area (Å²) in [6.07, 6.45) is 9.13. The SMILES string of the molecule is O=C(c1cc[nH]c1)N1CCC2(CCN(C3CCOCC3)CC2)[C@@H](CO)C1. The molecule has 1 spiro atoms. The van der Waals surface area contributed by atoms with Crippen LogP contribution in [0, 0.1) is 11.3 Å². The first kappa shape index (κ1) is 18.0. The molecule has 6 nitrogen and oxygen atoms in total. The molecule has 0 bridgehead atoms. The molecule has 4 rings (SSSR count). The van der Waals surface area contributed by atoms with Crippen LogP contribution in [-0.2, 0) is 4.74 Å². The lowest BCUT2D eigenvalue weighted by molar-refractivity contribution is -0.0531. The maximum atomic E-state index is 12.7. The average Bonchev–Trinajstić information content (AvgIpc) is 3.24. The van der Waals surface area contributed by atoms with Crippen molar-refractivity contribution in [2.45, 2.75) is 38.1 Å². The van der Waals surface area contributed by atoms with Crippen LogP contribution in [0.25, 0.3) is 0 Å². The van der Waals surface area contributed by atoms with E-state index in [1.165, 1.54) is 0 Å². The molecule has 0 radical (unpaired) electrons. The summed E-state index contributed by atoms with van der Waals surface area (Å²) in [5.74, 6) is 0.273. The topological polar surface area (TPSA) is 68.8 Å². The van der Waals surface area contributed by atoms with Crippen molar-refractivity contribution >= 4 is 5.91 Å². The molecule has 3 aliphatic rings. The zero-order chi connectivity index (χ0) is 18.0. The average molecular weight is 361 g/mol. The van der Waals surface area contributed by atoms with Crippen LogP contribution < -0.4 is 0 Å². The molecule has 144 valence electrons. The minimum absolute atomic E-state index is 0.0826. The Morgan fingerprint density at radius 1 is 1.23 bits per heavy atom. The van der Waals surface area contributed by atoms with Gasteiger partial charge >= 0.3 is 0 Å². The number of carbonyl (C=O) groups excluding carboxylic acids is 1. The summed E-state index contributed by atoms with van der Waals surface area (Å²) >= 11 is 0. The fraction of sp³-hybridized carbons (Fsp3) is 0.750. The minimum atomic E-state index is 0.0826. The van der Waals surface area contributed by atoms with E-state index in [0.717, 1.165) is 65.0 Å². The van der Waals surface area contributed by atoms with Crippen molar-refractivity contribution in [2.75, 3.05) is 46.0 Å². The number of aromatic amines is 1. The van der Waals surface area contributed by atoms with Crippen molar-refractivity contribution in [1.29, 1.82) is 0 Å². The highest BCUT2D eigenvalue weighted by Gasteiger charge is 2.46. The Bertz CT molecular complexity index is 589. The van der Waals surface area contributed by atoms with Crippen molar-refractivity contribution in [3.63, 3.8) is 0 Å². The van der Waals surface area contributed by atoms with Crippen molar-refractivity contribution in [2.24, 2.45) is 11.3 Å². The van der Waals surface area contributed by atoms with Gasteiger partial charge in [-0.05, 0) is 56.7 Å². The predicted octanol–water partition coefficient (Wildman–Crippen LogP) is 1.73. The highest BCUT2D eigenvalue weighted by atomic mass is 16.5. The zero-order valence-electron chi connectivity index (χ0n) is 15.5. The number of nitrogens with one attached hydrogen (secondary N) is 1. The smallest absolute Gasteiger partial charge is 0.255 e. The first-order valence-corrected chi connectivity index (χ1v) is 10.1. The van der Waals surface area contributed by atoms with E-state index in [2.05, 4.69) is 9.88 Å². The summed E-state index contributed by atoms with van der Waals surface area (Å²) < 4.78 is 5.50. The van der Waals surface area contributed by atoms with E-state index in [9.17, 15) is 9.90 Å². The Kier molecular flexibility index (Phi) is 5.34. The molecule has 1 aromatic rings. The maximum Gasteiger partial charge on any atom is 0.255 e. The fourth-order valence-electron chi connectivity index (χ4n) is 5.23. The summed E-state index contributed by atoms with van der Waals surface area (Å²) in [6.45, 7) is 5.67. The summed E-state index contributed by atoms with van der Waals surface area (Å²) in [5.41, 5.74) is 0.915. The fourth-order valence-corrected chi connectivity index (χ4v) is 5.23. The van der Waals surface area contributed by atoms with Gasteiger partial charge in [-0.1, -0.05) is 0 Å². The lowest BCUT2D eigenvalue weighted by Crippen LogP contribution is -2.56. The Labute approximate surface area is 155 Å². The number of H-pyrrole nitrogens is 1. The predicted molar refractivity (Wildman–Crippen MR) is 99.0 cm³/mol. The van der Waals surface area contributed by atoms with Crippen LogP contribution >= 0.6 is 0 Å². The second-order valence-electron chi connectivity index (χ2n) is 8.22. The summed E-state index contributed by atoms with van der Waals surface area (Å²) in [4.78, 5) is 20.2. The van der Waals surface area contributed by atoms with Gasteiger partial charge in [0, 0.05) is 57.3 Å². The number of aliphatic hydroxyl groups excluding tert-OH is 1. The Morgan fingerprint density at radius 2 is 1.96 bits per heavy atom.